The predicted molar refractivity (Wildman–Crippen MR) is 82.6 cm³/mol. The van der Waals surface area contributed by atoms with Crippen LogP contribution in [0.2, 0.25) is 0 Å². The first-order chi connectivity index (χ1) is 9.90. The summed E-state index contributed by atoms with van der Waals surface area (Å²) in [5.41, 5.74) is -0.336. The molecule has 0 aromatic heterocycles. The number of carboxylic acids is 1. The molecule has 0 bridgehead atoms. The summed E-state index contributed by atoms with van der Waals surface area (Å²) in [6.07, 6.45) is 2.46. The van der Waals surface area contributed by atoms with Gasteiger partial charge in [0.25, 0.3) is 0 Å². The average molecular weight is 292 g/mol. The van der Waals surface area contributed by atoms with Crippen molar-refractivity contribution in [3.05, 3.63) is 48.0 Å². The Bertz CT molecular complexity index is 494. The molecule has 0 aliphatic heterocycles. The minimum Gasteiger partial charge on any atom is -0.478 e. The molecule has 21 heavy (non-hydrogen) atoms. The summed E-state index contributed by atoms with van der Waals surface area (Å²) in [5.74, 6) is -0.948. The summed E-state index contributed by atoms with van der Waals surface area (Å²) in [5, 5.41) is 9.00. The van der Waals surface area contributed by atoms with Gasteiger partial charge in [0.05, 0.1) is 5.56 Å². The number of benzene rings is 1. The zero-order chi connectivity index (χ0) is 16.1. The summed E-state index contributed by atoms with van der Waals surface area (Å²) in [6.45, 7) is 10.3. The normalized spacial score (nSPS) is 16.8. The van der Waals surface area contributed by atoms with Gasteiger partial charge in [-0.2, -0.15) is 0 Å². The first kappa shape index (κ1) is 17.4. The van der Waals surface area contributed by atoms with Crippen LogP contribution in [0, 0.1) is 0 Å². The Hall–Kier alpha value is -1.65. The van der Waals surface area contributed by atoms with E-state index in [9.17, 15) is 4.79 Å². The summed E-state index contributed by atoms with van der Waals surface area (Å²) >= 11 is 0. The third kappa shape index (κ3) is 3.01. The number of hydrogen-bond donors (Lipinski definition) is 1. The average Bonchev–Trinajstić information content (AvgIpc) is 2.52. The smallest absolute Gasteiger partial charge is 0.335 e. The van der Waals surface area contributed by atoms with E-state index in [0.29, 0.717) is 13.0 Å². The SMILES string of the molecule is C=C[C@](CC)(OCC)[C@](C)(OC)c1ccc(C(=O)O)cc1. The molecule has 1 N–H and O–H groups in total. The van der Waals surface area contributed by atoms with Crippen LogP contribution in [-0.2, 0) is 15.1 Å². The lowest BCUT2D eigenvalue weighted by Crippen LogP contribution is -2.51. The topological polar surface area (TPSA) is 55.8 Å². The fourth-order valence-corrected chi connectivity index (χ4v) is 2.70. The van der Waals surface area contributed by atoms with Crippen molar-refractivity contribution in [3.63, 3.8) is 0 Å². The second-order valence-corrected chi connectivity index (χ2v) is 5.00. The van der Waals surface area contributed by atoms with Crippen LogP contribution in [0.15, 0.2) is 36.9 Å². The van der Waals surface area contributed by atoms with Gasteiger partial charge in [-0.05, 0) is 38.0 Å². The molecule has 4 nitrogen and oxygen atoms in total. The Kier molecular flexibility index (Phi) is 5.70. The van der Waals surface area contributed by atoms with Gasteiger partial charge in [0.15, 0.2) is 0 Å². The molecule has 0 spiro atoms. The van der Waals surface area contributed by atoms with Crippen molar-refractivity contribution in [1.29, 1.82) is 0 Å². The van der Waals surface area contributed by atoms with Crippen LogP contribution in [0.1, 0.15) is 43.1 Å². The van der Waals surface area contributed by atoms with E-state index in [1.807, 2.05) is 20.8 Å². The van der Waals surface area contributed by atoms with Crippen molar-refractivity contribution in [2.24, 2.45) is 0 Å². The van der Waals surface area contributed by atoms with E-state index in [2.05, 4.69) is 6.58 Å². The highest BCUT2D eigenvalue weighted by Gasteiger charge is 2.47. The first-order valence-electron chi connectivity index (χ1n) is 7.07. The molecule has 0 saturated carbocycles. The second kappa shape index (κ2) is 6.87. The van der Waals surface area contributed by atoms with Gasteiger partial charge < -0.3 is 14.6 Å². The molecule has 0 aliphatic rings. The molecule has 1 rings (SSSR count). The standard InChI is InChI=1S/C17H24O4/c1-6-17(7-2,21-8-3)16(4,20-5)14-11-9-13(10-12-14)15(18)19/h6,9-12H,1,7-8H2,2-5H3,(H,18,19)/t16-,17-/m1/s1. The Labute approximate surface area is 126 Å². The minimum atomic E-state index is -0.948. The highest BCUT2D eigenvalue weighted by Crippen LogP contribution is 2.42. The molecule has 0 unspecified atom stereocenters. The number of methoxy groups -OCH3 is 1. The van der Waals surface area contributed by atoms with E-state index in [0.717, 1.165) is 5.56 Å². The van der Waals surface area contributed by atoms with Crippen molar-refractivity contribution in [3.8, 4) is 0 Å². The molecule has 1 aromatic rings. The van der Waals surface area contributed by atoms with Gasteiger partial charge in [-0.25, -0.2) is 4.79 Å². The first-order valence-corrected chi connectivity index (χ1v) is 7.07. The lowest BCUT2D eigenvalue weighted by atomic mass is 9.76. The second-order valence-electron chi connectivity index (χ2n) is 5.00. The largest absolute Gasteiger partial charge is 0.478 e. The van der Waals surface area contributed by atoms with Crippen LogP contribution in [-0.4, -0.2) is 30.4 Å². The molecular weight excluding hydrogens is 268 g/mol. The van der Waals surface area contributed by atoms with E-state index in [1.54, 1.807) is 37.5 Å². The Morgan fingerprint density at radius 2 is 1.90 bits per heavy atom. The fraction of sp³-hybridized carbons (Fsp3) is 0.471. The van der Waals surface area contributed by atoms with Crippen molar-refractivity contribution < 1.29 is 19.4 Å². The molecule has 116 valence electrons. The van der Waals surface area contributed by atoms with Gasteiger partial charge in [-0.1, -0.05) is 25.1 Å². The number of rotatable bonds is 8. The highest BCUT2D eigenvalue weighted by atomic mass is 16.6. The van der Waals surface area contributed by atoms with Gasteiger partial charge in [0, 0.05) is 13.7 Å². The van der Waals surface area contributed by atoms with Crippen LogP contribution in [0.5, 0.6) is 0 Å². The Morgan fingerprint density at radius 3 is 2.24 bits per heavy atom. The van der Waals surface area contributed by atoms with Crippen LogP contribution >= 0.6 is 0 Å². The Balaban J connectivity index is 3.35. The number of carbonyl (C=O) groups is 1. The molecule has 0 fully saturated rings. The summed E-state index contributed by atoms with van der Waals surface area (Å²) in [4.78, 5) is 11.0. The van der Waals surface area contributed by atoms with Crippen molar-refractivity contribution in [2.75, 3.05) is 13.7 Å². The van der Waals surface area contributed by atoms with Crippen LogP contribution in [0.25, 0.3) is 0 Å². The van der Waals surface area contributed by atoms with Crippen molar-refractivity contribution in [1.82, 2.24) is 0 Å². The van der Waals surface area contributed by atoms with Gasteiger partial charge in [-0.15, -0.1) is 6.58 Å². The third-order valence-electron chi connectivity index (χ3n) is 4.16. The number of carboxylic acid groups (broad SMARTS) is 1. The maximum atomic E-state index is 11.0. The molecule has 2 atom stereocenters. The van der Waals surface area contributed by atoms with Crippen LogP contribution in [0.4, 0.5) is 0 Å². The van der Waals surface area contributed by atoms with Crippen molar-refractivity contribution >= 4 is 5.97 Å². The van der Waals surface area contributed by atoms with Crippen molar-refractivity contribution in [2.45, 2.75) is 38.4 Å². The van der Waals surface area contributed by atoms with Gasteiger partial charge in [0.2, 0.25) is 0 Å². The van der Waals surface area contributed by atoms with E-state index < -0.39 is 17.2 Å². The van der Waals surface area contributed by atoms with E-state index in [1.165, 1.54) is 0 Å². The molecule has 0 saturated heterocycles. The number of hydrogen-bond acceptors (Lipinski definition) is 3. The monoisotopic (exact) mass is 292 g/mol. The zero-order valence-corrected chi connectivity index (χ0v) is 13.2. The van der Waals surface area contributed by atoms with Gasteiger partial charge >= 0.3 is 5.97 Å². The number of aromatic carboxylic acids is 1. The highest BCUT2D eigenvalue weighted by molar-refractivity contribution is 5.87. The van der Waals surface area contributed by atoms with E-state index in [-0.39, 0.29) is 5.56 Å². The quantitative estimate of drug-likeness (QED) is 0.744. The summed E-state index contributed by atoms with van der Waals surface area (Å²) in [6, 6.07) is 6.68. The van der Waals surface area contributed by atoms with E-state index >= 15 is 0 Å². The lowest BCUT2D eigenvalue weighted by molar-refractivity contribution is -0.170. The third-order valence-corrected chi connectivity index (χ3v) is 4.16. The van der Waals surface area contributed by atoms with Crippen LogP contribution in [0.3, 0.4) is 0 Å². The predicted octanol–water partition coefficient (Wildman–Crippen LogP) is 3.62. The molecule has 0 radical (unpaired) electrons. The fourth-order valence-electron chi connectivity index (χ4n) is 2.70. The van der Waals surface area contributed by atoms with Gasteiger partial charge in [-0.3, -0.25) is 0 Å². The number of ether oxygens (including phenoxy) is 2. The van der Waals surface area contributed by atoms with Gasteiger partial charge in [0.1, 0.15) is 11.2 Å². The van der Waals surface area contributed by atoms with E-state index in [4.69, 9.17) is 14.6 Å². The maximum absolute atomic E-state index is 11.0. The molecule has 0 aliphatic carbocycles. The molecular formula is C17H24O4. The zero-order valence-electron chi connectivity index (χ0n) is 13.2. The summed E-state index contributed by atoms with van der Waals surface area (Å²) in [7, 11) is 1.62. The minimum absolute atomic E-state index is 0.245. The molecule has 0 heterocycles. The summed E-state index contributed by atoms with van der Waals surface area (Å²) < 4.78 is 11.7. The molecule has 4 heteroatoms. The molecule has 1 aromatic carbocycles. The lowest BCUT2D eigenvalue weighted by Gasteiger charge is -2.45. The molecule has 0 amide bonds. The maximum Gasteiger partial charge on any atom is 0.335 e. The van der Waals surface area contributed by atoms with Crippen LogP contribution < -0.4 is 0 Å². The Morgan fingerprint density at radius 1 is 1.33 bits per heavy atom.